The Morgan fingerprint density at radius 2 is 1.97 bits per heavy atom. The molecule has 2 aromatic carbocycles. The number of oxazole rings is 1. The molecule has 1 amide bonds. The molecule has 0 bridgehead atoms. The third kappa shape index (κ3) is 4.97. The lowest BCUT2D eigenvalue weighted by Gasteiger charge is -2.36. The zero-order chi connectivity index (χ0) is 21.6. The number of methoxy groups -OCH3 is 1. The first kappa shape index (κ1) is 20.7. The molecule has 0 spiro atoms. The molecular formula is C23H26N4O4. The van der Waals surface area contributed by atoms with Crippen LogP contribution in [0.5, 0.6) is 5.75 Å². The molecule has 1 aliphatic rings. The highest BCUT2D eigenvalue weighted by molar-refractivity contribution is 5.97. The number of hydrogen-bond acceptors (Lipinski definition) is 6. The number of benzene rings is 2. The number of piperazine rings is 1. The molecule has 1 aromatic heterocycles. The zero-order valence-corrected chi connectivity index (χ0v) is 17.5. The number of fused-ring (bicyclic) bond motifs is 1. The van der Waals surface area contributed by atoms with Crippen molar-refractivity contribution in [3.63, 3.8) is 0 Å². The van der Waals surface area contributed by atoms with E-state index in [0.29, 0.717) is 23.2 Å². The van der Waals surface area contributed by atoms with Crippen LogP contribution < -0.4 is 20.7 Å². The van der Waals surface area contributed by atoms with E-state index < -0.39 is 5.76 Å². The second kappa shape index (κ2) is 9.53. The number of carbonyl (C=O) groups excluding carboxylic acids is 1. The average Bonchev–Trinajstić information content (AvgIpc) is 3.18. The van der Waals surface area contributed by atoms with E-state index in [-0.39, 0.29) is 5.91 Å². The molecule has 31 heavy (non-hydrogen) atoms. The number of aromatic nitrogens is 1. The van der Waals surface area contributed by atoms with Gasteiger partial charge in [0, 0.05) is 44.8 Å². The molecule has 0 saturated carbocycles. The van der Waals surface area contributed by atoms with Crippen LogP contribution in [-0.4, -0.2) is 62.2 Å². The molecule has 3 aromatic rings. The average molecular weight is 422 g/mol. The molecule has 0 atom stereocenters. The molecule has 0 radical (unpaired) electrons. The van der Waals surface area contributed by atoms with E-state index in [4.69, 9.17) is 9.15 Å². The number of para-hydroxylation sites is 2. The number of anilines is 1. The van der Waals surface area contributed by atoms with Crippen molar-refractivity contribution in [2.45, 2.75) is 0 Å². The van der Waals surface area contributed by atoms with Crippen molar-refractivity contribution in [2.75, 3.05) is 51.3 Å². The molecule has 8 nitrogen and oxygen atoms in total. The molecular weight excluding hydrogens is 396 g/mol. The van der Waals surface area contributed by atoms with Crippen LogP contribution in [0, 0.1) is 0 Å². The number of nitrogens with zero attached hydrogens (tertiary/aromatic N) is 2. The largest absolute Gasteiger partial charge is 0.495 e. The second-order valence-electron chi connectivity index (χ2n) is 7.37. The van der Waals surface area contributed by atoms with Gasteiger partial charge in [-0.05, 0) is 30.3 Å². The topological polar surface area (TPSA) is 90.8 Å². The molecule has 0 unspecified atom stereocenters. The third-order valence-electron chi connectivity index (χ3n) is 5.39. The van der Waals surface area contributed by atoms with Crippen LogP contribution in [0.4, 0.5) is 5.69 Å². The summed E-state index contributed by atoms with van der Waals surface area (Å²) < 4.78 is 10.4. The quantitative estimate of drug-likeness (QED) is 0.568. The van der Waals surface area contributed by atoms with Crippen molar-refractivity contribution in [3.8, 4) is 5.75 Å². The van der Waals surface area contributed by atoms with Gasteiger partial charge in [-0.25, -0.2) is 4.79 Å². The van der Waals surface area contributed by atoms with Crippen molar-refractivity contribution in [3.05, 3.63) is 70.7 Å². The first-order chi connectivity index (χ1) is 15.1. The molecule has 1 saturated heterocycles. The Labute approximate surface area is 180 Å². The summed E-state index contributed by atoms with van der Waals surface area (Å²) in [6, 6.07) is 13.0. The Morgan fingerprint density at radius 1 is 1.16 bits per heavy atom. The first-order valence-corrected chi connectivity index (χ1v) is 10.3. The van der Waals surface area contributed by atoms with Crippen molar-refractivity contribution in [2.24, 2.45) is 0 Å². The highest BCUT2D eigenvalue weighted by Crippen LogP contribution is 2.28. The number of nitrogens with one attached hydrogen (secondary N) is 2. The summed E-state index contributed by atoms with van der Waals surface area (Å²) in [6.07, 6.45) is 4.04. The summed E-state index contributed by atoms with van der Waals surface area (Å²) in [5.74, 6) is 0.183. The SMILES string of the molecule is COc1ccccc1N1CCN(CC=CCNC(=O)c2ccc3oc(=O)[nH]c3c2)CC1. The van der Waals surface area contributed by atoms with Crippen LogP contribution in [0.25, 0.3) is 11.1 Å². The van der Waals surface area contributed by atoms with Crippen LogP contribution >= 0.6 is 0 Å². The summed E-state index contributed by atoms with van der Waals surface area (Å²) in [4.78, 5) is 30.8. The van der Waals surface area contributed by atoms with Gasteiger partial charge in [-0.1, -0.05) is 24.3 Å². The summed E-state index contributed by atoms with van der Waals surface area (Å²) in [6.45, 7) is 5.13. The Balaban J connectivity index is 1.21. The fraction of sp³-hybridized carbons (Fsp3) is 0.304. The van der Waals surface area contributed by atoms with Gasteiger partial charge in [-0.2, -0.15) is 0 Å². The van der Waals surface area contributed by atoms with E-state index in [0.717, 1.165) is 44.2 Å². The summed E-state index contributed by atoms with van der Waals surface area (Å²) in [5.41, 5.74) is 2.57. The van der Waals surface area contributed by atoms with E-state index in [1.54, 1.807) is 25.3 Å². The number of ether oxygens (including phenoxy) is 1. The third-order valence-corrected chi connectivity index (χ3v) is 5.39. The molecule has 162 valence electrons. The minimum Gasteiger partial charge on any atom is -0.495 e. The number of amides is 1. The van der Waals surface area contributed by atoms with Crippen molar-refractivity contribution < 1.29 is 13.9 Å². The zero-order valence-electron chi connectivity index (χ0n) is 17.5. The Hall–Kier alpha value is -3.52. The maximum absolute atomic E-state index is 12.3. The van der Waals surface area contributed by atoms with Crippen LogP contribution in [0.1, 0.15) is 10.4 Å². The van der Waals surface area contributed by atoms with E-state index >= 15 is 0 Å². The minimum atomic E-state index is -0.528. The summed E-state index contributed by atoms with van der Waals surface area (Å²) in [7, 11) is 1.70. The number of hydrogen-bond donors (Lipinski definition) is 2. The van der Waals surface area contributed by atoms with Crippen LogP contribution in [0.15, 0.2) is 63.8 Å². The number of rotatable bonds is 7. The molecule has 2 N–H and O–H groups in total. The number of aromatic amines is 1. The first-order valence-electron chi connectivity index (χ1n) is 10.3. The van der Waals surface area contributed by atoms with Gasteiger partial charge in [0.15, 0.2) is 5.58 Å². The highest BCUT2D eigenvalue weighted by Gasteiger charge is 2.18. The standard InChI is InChI=1S/C23H26N4O4/c1-30-21-7-3-2-6-19(21)27-14-12-26(13-15-27)11-5-4-10-24-22(28)17-8-9-20-18(16-17)25-23(29)31-20/h2-9,16H,10-15H2,1H3,(H,24,28)(H,25,29). The van der Waals surface area contributed by atoms with E-state index in [1.165, 1.54) is 0 Å². The fourth-order valence-corrected chi connectivity index (χ4v) is 3.72. The van der Waals surface area contributed by atoms with Crippen molar-refractivity contribution in [1.29, 1.82) is 0 Å². The lowest BCUT2D eigenvalue weighted by Crippen LogP contribution is -2.46. The minimum absolute atomic E-state index is 0.195. The molecule has 2 heterocycles. The Morgan fingerprint density at radius 3 is 2.77 bits per heavy atom. The Bertz CT molecular complexity index is 1130. The van der Waals surface area contributed by atoms with Gasteiger partial charge in [-0.15, -0.1) is 0 Å². The van der Waals surface area contributed by atoms with E-state index in [1.807, 2.05) is 24.3 Å². The molecule has 1 fully saturated rings. The molecule has 4 rings (SSSR count). The molecule has 8 heteroatoms. The van der Waals surface area contributed by atoms with Gasteiger partial charge in [-0.3, -0.25) is 14.7 Å². The van der Waals surface area contributed by atoms with Gasteiger partial charge in [0.2, 0.25) is 0 Å². The lowest BCUT2D eigenvalue weighted by molar-refractivity contribution is 0.0958. The summed E-state index contributed by atoms with van der Waals surface area (Å²) >= 11 is 0. The van der Waals surface area contributed by atoms with Gasteiger partial charge < -0.3 is 19.4 Å². The second-order valence-corrected chi connectivity index (χ2v) is 7.37. The van der Waals surface area contributed by atoms with Crippen molar-refractivity contribution in [1.82, 2.24) is 15.2 Å². The van der Waals surface area contributed by atoms with Crippen molar-refractivity contribution >= 4 is 22.7 Å². The van der Waals surface area contributed by atoms with Gasteiger partial charge in [0.05, 0.1) is 18.3 Å². The smallest absolute Gasteiger partial charge is 0.417 e. The van der Waals surface area contributed by atoms with E-state index in [9.17, 15) is 9.59 Å². The lowest BCUT2D eigenvalue weighted by atomic mass is 10.2. The Kier molecular flexibility index (Phi) is 6.37. The van der Waals surface area contributed by atoms with E-state index in [2.05, 4.69) is 32.2 Å². The number of carbonyl (C=O) groups is 1. The van der Waals surface area contributed by atoms with Crippen LogP contribution in [0.3, 0.4) is 0 Å². The van der Waals surface area contributed by atoms with Crippen LogP contribution in [0.2, 0.25) is 0 Å². The monoisotopic (exact) mass is 422 g/mol. The maximum Gasteiger partial charge on any atom is 0.417 e. The molecule has 0 aliphatic carbocycles. The van der Waals surface area contributed by atoms with Gasteiger partial charge in [0.1, 0.15) is 5.75 Å². The maximum atomic E-state index is 12.3. The highest BCUT2D eigenvalue weighted by atomic mass is 16.5. The summed E-state index contributed by atoms with van der Waals surface area (Å²) in [5, 5.41) is 2.86. The molecule has 1 aliphatic heterocycles. The normalized spacial score (nSPS) is 14.9. The number of H-pyrrole nitrogens is 1. The fourth-order valence-electron chi connectivity index (χ4n) is 3.72. The predicted molar refractivity (Wildman–Crippen MR) is 120 cm³/mol. The van der Waals surface area contributed by atoms with Gasteiger partial charge in [0.25, 0.3) is 5.91 Å². The predicted octanol–water partition coefficient (Wildman–Crippen LogP) is 2.24. The van der Waals surface area contributed by atoms with Gasteiger partial charge >= 0.3 is 5.76 Å². The van der Waals surface area contributed by atoms with Crippen LogP contribution in [-0.2, 0) is 0 Å².